The average molecular weight is 349 g/mol. The van der Waals surface area contributed by atoms with Gasteiger partial charge in [-0.1, -0.05) is 42.5 Å². The number of carbonyl (C=O) groups is 1. The van der Waals surface area contributed by atoms with Gasteiger partial charge in [0.15, 0.2) is 0 Å². The topological polar surface area (TPSA) is 46.9 Å². The van der Waals surface area contributed by atoms with Gasteiger partial charge in [-0.25, -0.2) is 9.37 Å². The van der Waals surface area contributed by atoms with E-state index in [1.807, 2.05) is 41.1 Å². The summed E-state index contributed by atoms with van der Waals surface area (Å²) in [4.78, 5) is 17.2. The average Bonchev–Trinajstić information content (AvgIpc) is 3.32. The van der Waals surface area contributed by atoms with Crippen molar-refractivity contribution >= 4 is 5.91 Å². The molecule has 3 aromatic rings. The van der Waals surface area contributed by atoms with Crippen LogP contribution >= 0.6 is 0 Å². The highest BCUT2D eigenvalue weighted by Crippen LogP contribution is 2.48. The highest BCUT2D eigenvalue weighted by atomic mass is 19.1. The van der Waals surface area contributed by atoms with Crippen LogP contribution in [0.5, 0.6) is 0 Å². The first-order valence-electron chi connectivity index (χ1n) is 8.75. The van der Waals surface area contributed by atoms with Crippen LogP contribution in [0.25, 0.3) is 0 Å². The number of carbonyl (C=O) groups excluding carboxylic acids is 1. The summed E-state index contributed by atoms with van der Waals surface area (Å²) in [5.74, 6) is -0.287. The summed E-state index contributed by atoms with van der Waals surface area (Å²) in [6.07, 6.45) is 6.93. The number of benzene rings is 2. The van der Waals surface area contributed by atoms with Crippen molar-refractivity contribution in [1.82, 2.24) is 14.9 Å². The van der Waals surface area contributed by atoms with E-state index in [1.54, 1.807) is 24.7 Å². The Balaban J connectivity index is 1.57. The van der Waals surface area contributed by atoms with E-state index >= 15 is 0 Å². The molecule has 4 nitrogen and oxygen atoms in total. The quantitative estimate of drug-likeness (QED) is 0.739. The lowest BCUT2D eigenvalue weighted by atomic mass is 9.94. The number of halogens is 1. The number of hydrogen-bond acceptors (Lipinski definition) is 2. The van der Waals surface area contributed by atoms with Gasteiger partial charge in [-0.2, -0.15) is 0 Å². The van der Waals surface area contributed by atoms with Crippen molar-refractivity contribution in [3.05, 3.63) is 90.3 Å². The molecule has 0 bridgehead atoms. The van der Waals surface area contributed by atoms with Gasteiger partial charge in [0, 0.05) is 18.9 Å². The highest BCUT2D eigenvalue weighted by Gasteiger charge is 2.51. The Morgan fingerprint density at radius 2 is 1.88 bits per heavy atom. The molecular formula is C21H20FN3O. The van der Waals surface area contributed by atoms with E-state index in [0.29, 0.717) is 6.54 Å². The second-order valence-electron chi connectivity index (χ2n) is 6.79. The normalized spacial score (nSPS) is 16.0. The molecule has 26 heavy (non-hydrogen) atoms. The van der Waals surface area contributed by atoms with E-state index in [0.717, 1.165) is 24.0 Å². The Hall–Kier alpha value is -2.95. The summed E-state index contributed by atoms with van der Waals surface area (Å²) in [7, 11) is 0. The molecular weight excluding hydrogens is 329 g/mol. The molecule has 132 valence electrons. The second kappa shape index (κ2) is 6.75. The van der Waals surface area contributed by atoms with E-state index in [-0.39, 0.29) is 17.8 Å². The largest absolute Gasteiger partial charge is 0.347 e. The van der Waals surface area contributed by atoms with Crippen LogP contribution < -0.4 is 5.32 Å². The van der Waals surface area contributed by atoms with Crippen molar-refractivity contribution in [2.45, 2.75) is 30.8 Å². The second-order valence-corrected chi connectivity index (χ2v) is 6.79. The van der Waals surface area contributed by atoms with Crippen LogP contribution in [0.3, 0.4) is 0 Å². The Morgan fingerprint density at radius 3 is 2.50 bits per heavy atom. The van der Waals surface area contributed by atoms with Crippen molar-refractivity contribution in [3.63, 3.8) is 0 Å². The van der Waals surface area contributed by atoms with Gasteiger partial charge in [0.2, 0.25) is 5.91 Å². The zero-order valence-corrected chi connectivity index (χ0v) is 14.3. The number of aromatic nitrogens is 2. The standard InChI is InChI=1S/C21H20FN3O/c22-18-8-6-17(7-9-18)21(10-11-21)20(26)24-19(14-25-13-12-23-15-25)16-4-2-1-3-5-16/h1-9,12-13,15,19H,10-11,14H2,(H,24,26)/t19-/m1/s1. The predicted octanol–water partition coefficient (Wildman–Crippen LogP) is 3.61. The molecule has 1 aliphatic carbocycles. The Kier molecular flexibility index (Phi) is 4.29. The van der Waals surface area contributed by atoms with Crippen LogP contribution in [0, 0.1) is 5.82 Å². The lowest BCUT2D eigenvalue weighted by Gasteiger charge is -2.23. The smallest absolute Gasteiger partial charge is 0.231 e. The summed E-state index contributed by atoms with van der Waals surface area (Å²) >= 11 is 0. The van der Waals surface area contributed by atoms with Crippen molar-refractivity contribution in [1.29, 1.82) is 0 Å². The van der Waals surface area contributed by atoms with Crippen LogP contribution in [0.15, 0.2) is 73.3 Å². The Labute approximate surface area is 151 Å². The molecule has 4 rings (SSSR count). The molecule has 0 spiro atoms. The van der Waals surface area contributed by atoms with Crippen LogP contribution in [-0.2, 0) is 16.8 Å². The third-order valence-corrected chi connectivity index (χ3v) is 5.04. The maximum absolute atomic E-state index is 13.2. The Bertz CT molecular complexity index is 871. The van der Waals surface area contributed by atoms with Gasteiger partial charge in [-0.05, 0) is 36.1 Å². The van der Waals surface area contributed by atoms with E-state index in [2.05, 4.69) is 10.3 Å². The minimum Gasteiger partial charge on any atom is -0.347 e. The van der Waals surface area contributed by atoms with Gasteiger partial charge in [0.05, 0.1) is 17.8 Å². The van der Waals surface area contributed by atoms with Crippen LogP contribution in [0.1, 0.15) is 30.0 Å². The van der Waals surface area contributed by atoms with Gasteiger partial charge in [0.1, 0.15) is 5.82 Å². The third-order valence-electron chi connectivity index (χ3n) is 5.04. The molecule has 1 aromatic heterocycles. The van der Waals surface area contributed by atoms with Crippen molar-refractivity contribution in [2.24, 2.45) is 0 Å². The number of imidazole rings is 1. The molecule has 0 saturated heterocycles. The Morgan fingerprint density at radius 1 is 1.15 bits per heavy atom. The monoisotopic (exact) mass is 349 g/mol. The molecule has 1 atom stereocenters. The molecule has 1 heterocycles. The number of nitrogens with zero attached hydrogens (tertiary/aromatic N) is 2. The highest BCUT2D eigenvalue weighted by molar-refractivity contribution is 5.91. The fraction of sp³-hybridized carbons (Fsp3) is 0.238. The minimum atomic E-state index is -0.532. The molecule has 0 unspecified atom stereocenters. The molecule has 5 heteroatoms. The van der Waals surface area contributed by atoms with Gasteiger partial charge in [-0.3, -0.25) is 4.79 Å². The molecule has 1 amide bonds. The number of nitrogens with one attached hydrogen (secondary N) is 1. The summed E-state index contributed by atoms with van der Waals surface area (Å²) in [6, 6.07) is 16.0. The maximum Gasteiger partial charge on any atom is 0.231 e. The first-order chi connectivity index (χ1) is 12.7. The fourth-order valence-corrected chi connectivity index (χ4v) is 3.36. The van der Waals surface area contributed by atoms with Gasteiger partial charge < -0.3 is 9.88 Å². The van der Waals surface area contributed by atoms with Gasteiger partial charge in [0.25, 0.3) is 0 Å². The van der Waals surface area contributed by atoms with Crippen LogP contribution in [0.2, 0.25) is 0 Å². The predicted molar refractivity (Wildman–Crippen MR) is 96.9 cm³/mol. The first-order valence-corrected chi connectivity index (χ1v) is 8.75. The summed E-state index contributed by atoms with van der Waals surface area (Å²) in [5, 5.41) is 3.21. The zero-order chi connectivity index (χ0) is 18.0. The van der Waals surface area contributed by atoms with E-state index in [4.69, 9.17) is 0 Å². The summed E-state index contributed by atoms with van der Waals surface area (Å²) in [6.45, 7) is 0.606. The summed E-state index contributed by atoms with van der Waals surface area (Å²) in [5.41, 5.74) is 1.39. The third kappa shape index (κ3) is 3.25. The number of amides is 1. The maximum atomic E-state index is 13.2. The van der Waals surface area contributed by atoms with E-state index < -0.39 is 5.41 Å². The first kappa shape index (κ1) is 16.5. The van der Waals surface area contributed by atoms with E-state index in [9.17, 15) is 9.18 Å². The van der Waals surface area contributed by atoms with E-state index in [1.165, 1.54) is 12.1 Å². The van der Waals surface area contributed by atoms with Crippen molar-refractivity contribution in [2.75, 3.05) is 0 Å². The van der Waals surface area contributed by atoms with Crippen LogP contribution in [0.4, 0.5) is 4.39 Å². The summed E-state index contributed by atoms with van der Waals surface area (Å²) < 4.78 is 15.2. The van der Waals surface area contributed by atoms with Gasteiger partial charge >= 0.3 is 0 Å². The molecule has 0 aliphatic heterocycles. The molecule has 1 N–H and O–H groups in total. The molecule has 2 aromatic carbocycles. The number of rotatable bonds is 6. The number of hydrogen-bond donors (Lipinski definition) is 1. The lowest BCUT2D eigenvalue weighted by Crippen LogP contribution is -2.38. The van der Waals surface area contributed by atoms with Crippen molar-refractivity contribution in [3.8, 4) is 0 Å². The SMILES string of the molecule is O=C(N[C@H](Cn1ccnc1)c1ccccc1)C1(c2ccc(F)cc2)CC1. The van der Waals surface area contributed by atoms with Gasteiger partial charge in [-0.15, -0.1) is 0 Å². The fourth-order valence-electron chi connectivity index (χ4n) is 3.36. The zero-order valence-electron chi connectivity index (χ0n) is 14.3. The molecule has 1 fully saturated rings. The molecule has 1 aliphatic rings. The lowest BCUT2D eigenvalue weighted by molar-refractivity contribution is -0.124. The molecule has 1 saturated carbocycles. The van der Waals surface area contributed by atoms with Crippen molar-refractivity contribution < 1.29 is 9.18 Å². The van der Waals surface area contributed by atoms with Crippen LogP contribution in [-0.4, -0.2) is 15.5 Å². The minimum absolute atomic E-state index is 0.00178. The molecule has 0 radical (unpaired) electrons.